The molecule has 1 aromatic carbocycles. The van der Waals surface area contributed by atoms with Crippen LogP contribution in [0.2, 0.25) is 0 Å². The highest BCUT2D eigenvalue weighted by Crippen LogP contribution is 2.30. The molecule has 2 rings (SSSR count). The van der Waals surface area contributed by atoms with E-state index in [-0.39, 0.29) is 24.3 Å². The van der Waals surface area contributed by atoms with Crippen molar-refractivity contribution >= 4 is 11.9 Å². The molecule has 1 heterocycles. The number of aryl methyl sites for hydroxylation is 1. The van der Waals surface area contributed by atoms with Gasteiger partial charge in [-0.15, -0.1) is 0 Å². The summed E-state index contributed by atoms with van der Waals surface area (Å²) in [5.74, 6) is -1.94. The van der Waals surface area contributed by atoms with E-state index in [1.54, 1.807) is 0 Å². The average molecular weight is 383 g/mol. The van der Waals surface area contributed by atoms with Gasteiger partial charge in [-0.25, -0.2) is 4.68 Å². The number of carboxylic acids is 1. The quantitative estimate of drug-likeness (QED) is 0.854. The zero-order valence-corrected chi connectivity index (χ0v) is 14.4. The van der Waals surface area contributed by atoms with Gasteiger partial charge in [0.05, 0.1) is 17.7 Å². The van der Waals surface area contributed by atoms with Gasteiger partial charge in [0.2, 0.25) is 5.43 Å². The predicted octanol–water partition coefficient (Wildman–Crippen LogP) is 2.11. The number of carbonyl (C=O) groups excluding carboxylic acids is 1. The molecule has 1 aromatic heterocycles. The van der Waals surface area contributed by atoms with Crippen molar-refractivity contribution in [2.75, 3.05) is 13.6 Å². The topological polar surface area (TPSA) is 92.5 Å². The number of nitrogens with zero attached hydrogens (tertiary/aromatic N) is 3. The van der Waals surface area contributed by atoms with Crippen LogP contribution in [0.5, 0.6) is 0 Å². The monoisotopic (exact) mass is 383 g/mol. The third-order valence-corrected chi connectivity index (χ3v) is 3.74. The Bertz CT molecular complexity index is 938. The number of aromatic nitrogens is 2. The fourth-order valence-corrected chi connectivity index (χ4v) is 2.32. The van der Waals surface area contributed by atoms with E-state index in [1.165, 1.54) is 26.1 Å². The maximum atomic E-state index is 12.9. The van der Waals surface area contributed by atoms with Gasteiger partial charge >= 0.3 is 12.1 Å². The Labute approximate surface area is 151 Å². The lowest BCUT2D eigenvalue weighted by Gasteiger charge is -2.17. The predicted molar refractivity (Wildman–Crippen MR) is 88.8 cm³/mol. The van der Waals surface area contributed by atoms with Crippen molar-refractivity contribution in [3.8, 4) is 5.69 Å². The number of rotatable bonds is 5. The van der Waals surface area contributed by atoms with E-state index < -0.39 is 34.7 Å². The Morgan fingerprint density at radius 2 is 1.93 bits per heavy atom. The van der Waals surface area contributed by atoms with E-state index in [2.05, 4.69) is 5.10 Å². The molecule has 0 radical (unpaired) electrons. The molecule has 2 aromatic rings. The first kappa shape index (κ1) is 20.1. The van der Waals surface area contributed by atoms with Crippen LogP contribution in [0.3, 0.4) is 0 Å². The fraction of sp³-hybridized carbons (Fsp3) is 0.294. The standard InChI is InChI=1S/C17H16F3N3O4/c1-10-8-13(24)15(16(27)22(2)7-6-14(25)26)21-23(10)12-5-3-4-11(9-12)17(18,19)20/h3-5,8-9H,6-7H2,1-2H3,(H,25,26). The summed E-state index contributed by atoms with van der Waals surface area (Å²) in [5, 5.41) is 12.6. The van der Waals surface area contributed by atoms with Gasteiger partial charge < -0.3 is 10.0 Å². The molecular weight excluding hydrogens is 367 g/mol. The molecule has 0 atom stereocenters. The molecule has 0 aliphatic heterocycles. The molecule has 0 aliphatic carbocycles. The molecule has 27 heavy (non-hydrogen) atoms. The van der Waals surface area contributed by atoms with Gasteiger partial charge in [-0.05, 0) is 25.1 Å². The van der Waals surface area contributed by atoms with Crippen molar-refractivity contribution in [1.29, 1.82) is 0 Å². The summed E-state index contributed by atoms with van der Waals surface area (Å²) in [7, 11) is 1.31. The minimum atomic E-state index is -4.56. The molecule has 10 heteroatoms. The highest BCUT2D eigenvalue weighted by molar-refractivity contribution is 5.92. The van der Waals surface area contributed by atoms with Crippen molar-refractivity contribution in [3.05, 3.63) is 57.5 Å². The normalized spacial score (nSPS) is 11.3. The van der Waals surface area contributed by atoms with Crippen LogP contribution >= 0.6 is 0 Å². The highest BCUT2D eigenvalue weighted by atomic mass is 19.4. The summed E-state index contributed by atoms with van der Waals surface area (Å²) in [6, 6.07) is 5.39. The van der Waals surface area contributed by atoms with Crippen molar-refractivity contribution in [2.24, 2.45) is 0 Å². The van der Waals surface area contributed by atoms with Crippen LogP contribution in [0.1, 0.15) is 28.2 Å². The Morgan fingerprint density at radius 1 is 1.26 bits per heavy atom. The Hall–Kier alpha value is -3.17. The molecule has 1 amide bonds. The van der Waals surface area contributed by atoms with Gasteiger partial charge in [-0.3, -0.25) is 14.4 Å². The number of halogens is 3. The maximum Gasteiger partial charge on any atom is 0.416 e. The van der Waals surface area contributed by atoms with Gasteiger partial charge in [0.15, 0.2) is 5.69 Å². The van der Waals surface area contributed by atoms with Gasteiger partial charge in [0.25, 0.3) is 5.91 Å². The average Bonchev–Trinajstić information content (AvgIpc) is 2.58. The maximum absolute atomic E-state index is 12.9. The summed E-state index contributed by atoms with van der Waals surface area (Å²) >= 11 is 0. The summed E-state index contributed by atoms with van der Waals surface area (Å²) in [6.07, 6.45) is -4.88. The van der Waals surface area contributed by atoms with Crippen molar-refractivity contribution in [2.45, 2.75) is 19.5 Å². The zero-order chi connectivity index (χ0) is 20.4. The van der Waals surface area contributed by atoms with Gasteiger partial charge in [-0.2, -0.15) is 18.3 Å². The second kappa shape index (κ2) is 7.60. The number of carboxylic acid groups (broad SMARTS) is 1. The minimum absolute atomic E-state index is 0.0320. The number of amides is 1. The Balaban J connectivity index is 2.46. The molecule has 0 unspecified atom stereocenters. The molecule has 0 spiro atoms. The second-order valence-electron chi connectivity index (χ2n) is 5.83. The molecule has 144 valence electrons. The van der Waals surface area contributed by atoms with Crippen LogP contribution in [0.15, 0.2) is 35.1 Å². The third-order valence-electron chi connectivity index (χ3n) is 3.74. The Kier molecular flexibility index (Phi) is 5.67. The van der Waals surface area contributed by atoms with E-state index in [4.69, 9.17) is 5.11 Å². The Morgan fingerprint density at radius 3 is 2.52 bits per heavy atom. The van der Waals surface area contributed by atoms with Crippen molar-refractivity contribution < 1.29 is 27.9 Å². The molecule has 0 saturated heterocycles. The second-order valence-corrected chi connectivity index (χ2v) is 5.83. The zero-order valence-electron chi connectivity index (χ0n) is 14.4. The number of benzene rings is 1. The highest BCUT2D eigenvalue weighted by Gasteiger charge is 2.30. The number of hydrogen-bond donors (Lipinski definition) is 1. The molecule has 1 N–H and O–H groups in total. The van der Waals surface area contributed by atoms with E-state index in [9.17, 15) is 27.6 Å². The first-order valence-corrected chi connectivity index (χ1v) is 7.76. The smallest absolute Gasteiger partial charge is 0.416 e. The molecule has 0 aliphatic rings. The molecule has 0 saturated carbocycles. The SMILES string of the molecule is Cc1cc(=O)c(C(=O)N(C)CCC(=O)O)nn1-c1cccc(C(F)(F)F)c1. The minimum Gasteiger partial charge on any atom is -0.481 e. The van der Waals surface area contributed by atoms with Gasteiger partial charge in [0.1, 0.15) is 0 Å². The summed E-state index contributed by atoms with van der Waals surface area (Å²) < 4.78 is 39.8. The van der Waals surface area contributed by atoms with Crippen LogP contribution in [-0.4, -0.2) is 45.3 Å². The fourth-order valence-electron chi connectivity index (χ4n) is 2.32. The largest absolute Gasteiger partial charge is 0.481 e. The first-order chi connectivity index (χ1) is 12.5. The van der Waals surface area contributed by atoms with E-state index in [0.29, 0.717) is 0 Å². The van der Waals surface area contributed by atoms with E-state index in [0.717, 1.165) is 27.8 Å². The summed E-state index contributed by atoms with van der Waals surface area (Å²) in [5.41, 5.74) is -1.84. The van der Waals surface area contributed by atoms with Crippen molar-refractivity contribution in [3.63, 3.8) is 0 Å². The number of aliphatic carboxylic acids is 1. The van der Waals surface area contributed by atoms with Crippen LogP contribution in [0.4, 0.5) is 13.2 Å². The van der Waals surface area contributed by atoms with Gasteiger partial charge in [0, 0.05) is 25.4 Å². The van der Waals surface area contributed by atoms with Crippen LogP contribution in [-0.2, 0) is 11.0 Å². The molecule has 0 fully saturated rings. The van der Waals surface area contributed by atoms with Crippen LogP contribution < -0.4 is 5.43 Å². The molecule has 0 bridgehead atoms. The van der Waals surface area contributed by atoms with Crippen LogP contribution in [0, 0.1) is 6.92 Å². The van der Waals surface area contributed by atoms with E-state index >= 15 is 0 Å². The van der Waals surface area contributed by atoms with Crippen LogP contribution in [0.25, 0.3) is 5.69 Å². The van der Waals surface area contributed by atoms with Crippen molar-refractivity contribution in [1.82, 2.24) is 14.7 Å². The summed E-state index contributed by atoms with van der Waals surface area (Å²) in [6.45, 7) is 1.32. The lowest BCUT2D eigenvalue weighted by atomic mass is 10.2. The number of carbonyl (C=O) groups is 2. The summed E-state index contributed by atoms with van der Waals surface area (Å²) in [4.78, 5) is 36.1. The lowest BCUT2D eigenvalue weighted by Crippen LogP contribution is -2.35. The van der Waals surface area contributed by atoms with E-state index in [1.807, 2.05) is 0 Å². The number of hydrogen-bond acceptors (Lipinski definition) is 4. The number of alkyl halides is 3. The molecular formula is C17H16F3N3O4. The van der Waals surface area contributed by atoms with Gasteiger partial charge in [-0.1, -0.05) is 6.07 Å². The first-order valence-electron chi connectivity index (χ1n) is 7.76. The molecule has 7 nitrogen and oxygen atoms in total. The third kappa shape index (κ3) is 4.72. The lowest BCUT2D eigenvalue weighted by molar-refractivity contribution is -0.138.